The molecule has 0 aliphatic carbocycles. The third-order valence-corrected chi connectivity index (χ3v) is 3.17. The molecule has 1 N–H and O–H groups in total. The fourth-order valence-electron chi connectivity index (χ4n) is 2.14. The molecule has 0 saturated carbocycles. The Hall–Kier alpha value is -1.34. The lowest BCUT2D eigenvalue weighted by Gasteiger charge is -2.43. The fraction of sp³-hybridized carbons (Fsp3) is 0.846. The van der Waals surface area contributed by atoms with Crippen LogP contribution in [0.3, 0.4) is 0 Å². The van der Waals surface area contributed by atoms with Crippen LogP contribution in [0.1, 0.15) is 27.2 Å². The maximum absolute atomic E-state index is 12.1. The lowest BCUT2D eigenvalue weighted by molar-refractivity contribution is -0.239. The number of carbonyl (C=O) groups is 2. The molecule has 20 heavy (non-hydrogen) atoms. The lowest BCUT2D eigenvalue weighted by Crippen LogP contribution is -2.57. The van der Waals surface area contributed by atoms with Crippen LogP contribution < -0.4 is 0 Å². The Morgan fingerprint density at radius 3 is 2.20 bits per heavy atom. The number of carboxylic acids is 1. The van der Waals surface area contributed by atoms with Gasteiger partial charge in [0.05, 0.1) is 12.5 Å². The molecule has 0 radical (unpaired) electrons. The number of carboxylic acid groups (broad SMARTS) is 1. The predicted octanol–water partition coefficient (Wildman–Crippen LogP) is 1.32. The van der Waals surface area contributed by atoms with E-state index >= 15 is 0 Å². The lowest BCUT2D eigenvalue weighted by atomic mass is 9.93. The molecule has 1 aliphatic heterocycles. The highest BCUT2D eigenvalue weighted by molar-refractivity contribution is 5.73. The Balaban J connectivity index is 2.90. The Kier molecular flexibility index (Phi) is 4.99. The monoisotopic (exact) mass is 289 g/mol. The van der Waals surface area contributed by atoms with E-state index in [0.29, 0.717) is 0 Å². The second-order valence-corrected chi connectivity index (χ2v) is 5.92. The number of ether oxygens (including phenoxy) is 3. The summed E-state index contributed by atoms with van der Waals surface area (Å²) in [6.45, 7) is 5.48. The number of rotatable bonds is 3. The van der Waals surface area contributed by atoms with Gasteiger partial charge in [-0.05, 0) is 20.8 Å². The molecule has 0 aromatic rings. The van der Waals surface area contributed by atoms with Gasteiger partial charge in [0.25, 0.3) is 0 Å². The number of nitrogens with zero attached hydrogens (tertiary/aromatic N) is 1. The van der Waals surface area contributed by atoms with Crippen LogP contribution in [0.5, 0.6) is 0 Å². The average molecular weight is 289 g/mol. The summed E-state index contributed by atoms with van der Waals surface area (Å²) in [5, 5.41) is 9.20. The minimum absolute atomic E-state index is 0.0821. The molecular formula is C13H23NO6. The summed E-state index contributed by atoms with van der Waals surface area (Å²) >= 11 is 0. The van der Waals surface area contributed by atoms with E-state index < -0.39 is 29.4 Å². The highest BCUT2D eigenvalue weighted by atomic mass is 16.7. The standard InChI is InChI=1S/C13H23NO6/c1-12(2,3)20-11(17)14-7-9(10(15)16)6-13(8-14,18-4)19-5/h9H,6-8H2,1-5H3,(H,15,16). The van der Waals surface area contributed by atoms with Crippen molar-refractivity contribution in [2.75, 3.05) is 27.3 Å². The predicted molar refractivity (Wildman–Crippen MR) is 70.3 cm³/mol. The quantitative estimate of drug-likeness (QED) is 0.789. The zero-order chi connectivity index (χ0) is 15.6. The molecule has 1 unspecified atom stereocenters. The van der Waals surface area contributed by atoms with E-state index in [4.69, 9.17) is 14.2 Å². The largest absolute Gasteiger partial charge is 0.481 e. The fourth-order valence-corrected chi connectivity index (χ4v) is 2.14. The summed E-state index contributed by atoms with van der Waals surface area (Å²) in [5.74, 6) is -2.86. The second-order valence-electron chi connectivity index (χ2n) is 5.92. The van der Waals surface area contributed by atoms with Gasteiger partial charge in [-0.25, -0.2) is 4.79 Å². The van der Waals surface area contributed by atoms with Crippen molar-refractivity contribution >= 4 is 12.1 Å². The molecule has 1 amide bonds. The molecule has 7 heteroatoms. The Bertz CT molecular complexity index is 372. The van der Waals surface area contributed by atoms with Crippen molar-refractivity contribution in [1.29, 1.82) is 0 Å². The molecule has 0 aromatic carbocycles. The number of amides is 1. The van der Waals surface area contributed by atoms with Gasteiger partial charge in [0.1, 0.15) is 5.60 Å². The third-order valence-electron chi connectivity index (χ3n) is 3.17. The van der Waals surface area contributed by atoms with Crippen molar-refractivity contribution in [3.63, 3.8) is 0 Å². The van der Waals surface area contributed by atoms with E-state index in [1.54, 1.807) is 20.8 Å². The van der Waals surface area contributed by atoms with Crippen molar-refractivity contribution < 1.29 is 28.9 Å². The van der Waals surface area contributed by atoms with Crippen LogP contribution in [0, 0.1) is 5.92 Å². The molecule has 7 nitrogen and oxygen atoms in total. The van der Waals surface area contributed by atoms with Gasteiger partial charge in [-0.2, -0.15) is 0 Å². The van der Waals surface area contributed by atoms with E-state index in [-0.39, 0.29) is 19.5 Å². The van der Waals surface area contributed by atoms with Crippen molar-refractivity contribution in [2.24, 2.45) is 5.92 Å². The van der Waals surface area contributed by atoms with Crippen LogP contribution in [0.25, 0.3) is 0 Å². The summed E-state index contributed by atoms with van der Waals surface area (Å²) in [6, 6.07) is 0. The first kappa shape index (κ1) is 16.7. The molecule has 0 aromatic heterocycles. The van der Waals surface area contributed by atoms with E-state index in [0.717, 1.165) is 0 Å². The number of hydrogen-bond donors (Lipinski definition) is 1. The number of likely N-dealkylation sites (tertiary alicyclic amines) is 1. The minimum atomic E-state index is -1.11. The SMILES string of the molecule is COC1(OC)CC(C(=O)O)CN(C(=O)OC(C)(C)C)C1. The zero-order valence-electron chi connectivity index (χ0n) is 12.6. The van der Waals surface area contributed by atoms with Gasteiger partial charge in [-0.15, -0.1) is 0 Å². The van der Waals surface area contributed by atoms with Crippen molar-refractivity contribution in [1.82, 2.24) is 4.90 Å². The smallest absolute Gasteiger partial charge is 0.410 e. The summed E-state index contributed by atoms with van der Waals surface area (Å²) < 4.78 is 15.8. The molecule has 1 aliphatic rings. The number of aliphatic carboxylic acids is 1. The normalized spacial score (nSPS) is 22.4. The van der Waals surface area contributed by atoms with Gasteiger partial charge < -0.3 is 24.2 Å². The van der Waals surface area contributed by atoms with Crippen LogP contribution in [-0.2, 0) is 19.0 Å². The van der Waals surface area contributed by atoms with Gasteiger partial charge >= 0.3 is 12.1 Å². The molecule has 1 rings (SSSR count). The molecule has 1 atom stereocenters. The van der Waals surface area contributed by atoms with Crippen molar-refractivity contribution in [2.45, 2.75) is 38.6 Å². The summed E-state index contributed by atoms with van der Waals surface area (Å²) in [4.78, 5) is 24.7. The molecule has 1 fully saturated rings. The van der Waals surface area contributed by atoms with Crippen LogP contribution in [0.15, 0.2) is 0 Å². The maximum atomic E-state index is 12.1. The highest BCUT2D eigenvalue weighted by Crippen LogP contribution is 2.30. The van der Waals surface area contributed by atoms with Crippen molar-refractivity contribution in [3.05, 3.63) is 0 Å². The summed E-state index contributed by atoms with van der Waals surface area (Å²) in [6.07, 6.45) is -0.379. The first-order valence-corrected chi connectivity index (χ1v) is 6.43. The number of piperidine rings is 1. The van der Waals surface area contributed by atoms with Gasteiger partial charge in [-0.1, -0.05) is 0 Å². The highest BCUT2D eigenvalue weighted by Gasteiger charge is 2.45. The second kappa shape index (κ2) is 5.97. The molecule has 1 saturated heterocycles. The van der Waals surface area contributed by atoms with Crippen molar-refractivity contribution in [3.8, 4) is 0 Å². The van der Waals surface area contributed by atoms with E-state index in [1.165, 1.54) is 19.1 Å². The van der Waals surface area contributed by atoms with Crippen LogP contribution >= 0.6 is 0 Å². The Morgan fingerprint density at radius 2 is 1.80 bits per heavy atom. The van der Waals surface area contributed by atoms with E-state index in [2.05, 4.69) is 0 Å². The van der Waals surface area contributed by atoms with E-state index in [1.807, 2.05) is 0 Å². The molecular weight excluding hydrogens is 266 g/mol. The summed E-state index contributed by atoms with van der Waals surface area (Å²) in [7, 11) is 2.86. The minimum Gasteiger partial charge on any atom is -0.481 e. The molecule has 0 bridgehead atoms. The van der Waals surface area contributed by atoms with Crippen LogP contribution in [-0.4, -0.2) is 60.8 Å². The van der Waals surface area contributed by atoms with Crippen LogP contribution in [0.4, 0.5) is 4.79 Å². The third kappa shape index (κ3) is 4.08. The van der Waals surface area contributed by atoms with Gasteiger partial charge in [0.2, 0.25) is 0 Å². The molecule has 0 spiro atoms. The van der Waals surface area contributed by atoms with E-state index in [9.17, 15) is 14.7 Å². The Morgan fingerprint density at radius 1 is 1.25 bits per heavy atom. The van der Waals surface area contributed by atoms with Gasteiger partial charge in [0, 0.05) is 27.2 Å². The van der Waals surface area contributed by atoms with Crippen LogP contribution in [0.2, 0.25) is 0 Å². The number of hydrogen-bond acceptors (Lipinski definition) is 5. The van der Waals surface area contributed by atoms with Gasteiger partial charge in [0.15, 0.2) is 5.79 Å². The number of carbonyl (C=O) groups excluding carboxylic acids is 1. The average Bonchev–Trinajstić information content (AvgIpc) is 2.36. The molecule has 116 valence electrons. The Labute approximate surface area is 118 Å². The zero-order valence-corrected chi connectivity index (χ0v) is 12.6. The summed E-state index contributed by atoms with van der Waals surface area (Å²) in [5.41, 5.74) is -0.643. The maximum Gasteiger partial charge on any atom is 0.410 e. The first-order valence-electron chi connectivity index (χ1n) is 6.43. The molecule has 1 heterocycles. The first-order chi connectivity index (χ1) is 9.12. The van der Waals surface area contributed by atoms with Gasteiger partial charge in [-0.3, -0.25) is 4.79 Å². The number of methoxy groups -OCH3 is 2. The topological polar surface area (TPSA) is 85.3 Å².